The van der Waals surface area contributed by atoms with Gasteiger partial charge in [0.1, 0.15) is 11.9 Å². The van der Waals surface area contributed by atoms with Crippen molar-refractivity contribution in [2.24, 2.45) is 0 Å². The number of nitrogens with one attached hydrogen (secondary N) is 1. The first-order valence-electron chi connectivity index (χ1n) is 9.64. The van der Waals surface area contributed by atoms with Crippen molar-refractivity contribution in [1.29, 1.82) is 5.26 Å². The van der Waals surface area contributed by atoms with Gasteiger partial charge >= 0.3 is 0 Å². The number of aromatic nitrogens is 2. The van der Waals surface area contributed by atoms with Crippen molar-refractivity contribution in [1.82, 2.24) is 20.2 Å². The zero-order valence-electron chi connectivity index (χ0n) is 16.2. The summed E-state index contributed by atoms with van der Waals surface area (Å²) in [6, 6.07) is 10.2. The molecule has 0 unspecified atom stereocenters. The highest BCUT2D eigenvalue weighted by molar-refractivity contribution is 5.85. The molecule has 1 aromatic heterocycles. The van der Waals surface area contributed by atoms with Crippen LogP contribution in [0.2, 0.25) is 0 Å². The van der Waals surface area contributed by atoms with Gasteiger partial charge in [-0.15, -0.1) is 24.8 Å². The Bertz CT molecular complexity index is 865. The third kappa shape index (κ3) is 5.27. The Morgan fingerprint density at radius 1 is 1.14 bits per heavy atom. The predicted octanol–water partition coefficient (Wildman–Crippen LogP) is 2.55. The van der Waals surface area contributed by atoms with E-state index in [1.54, 1.807) is 4.90 Å². The molecule has 2 aromatic rings. The van der Waals surface area contributed by atoms with E-state index in [9.17, 15) is 4.79 Å². The van der Waals surface area contributed by atoms with E-state index in [4.69, 9.17) is 10.2 Å². The number of hydrogen-bond donors (Lipinski definition) is 1. The van der Waals surface area contributed by atoms with Crippen molar-refractivity contribution in [3.8, 4) is 6.07 Å². The van der Waals surface area contributed by atoms with Crippen molar-refractivity contribution in [3.05, 3.63) is 30.5 Å². The van der Waals surface area contributed by atoms with E-state index in [0.29, 0.717) is 19.1 Å². The fraction of sp³-hybridized carbons (Fsp3) is 0.500. The number of halogens is 2. The third-order valence-corrected chi connectivity index (χ3v) is 5.52. The maximum atomic E-state index is 12.4. The largest absolute Gasteiger partial charge is 0.355 e. The van der Waals surface area contributed by atoms with E-state index in [1.807, 2.05) is 30.5 Å². The van der Waals surface area contributed by atoms with Gasteiger partial charge in [-0.25, -0.2) is 4.98 Å². The Morgan fingerprint density at radius 3 is 2.59 bits per heavy atom. The highest BCUT2D eigenvalue weighted by atomic mass is 35.5. The highest BCUT2D eigenvalue weighted by Gasteiger charge is 2.29. The minimum Gasteiger partial charge on any atom is -0.355 e. The molecule has 1 aromatic carbocycles. The number of fused-ring (bicyclic) bond motifs is 1. The van der Waals surface area contributed by atoms with Gasteiger partial charge in [0.05, 0.1) is 29.8 Å². The summed E-state index contributed by atoms with van der Waals surface area (Å²) in [4.78, 5) is 25.5. The monoisotopic (exact) mass is 436 g/mol. The molecule has 7 nitrogen and oxygen atoms in total. The lowest BCUT2D eigenvalue weighted by molar-refractivity contribution is -0.130. The summed E-state index contributed by atoms with van der Waals surface area (Å²) >= 11 is 0. The van der Waals surface area contributed by atoms with E-state index >= 15 is 0 Å². The predicted molar refractivity (Wildman–Crippen MR) is 118 cm³/mol. The smallest absolute Gasteiger partial charge is 0.237 e. The molecule has 29 heavy (non-hydrogen) atoms. The van der Waals surface area contributed by atoms with Crippen LogP contribution in [0.4, 0.5) is 5.82 Å². The molecule has 3 heterocycles. The van der Waals surface area contributed by atoms with Crippen LogP contribution in [-0.4, -0.2) is 59.0 Å². The maximum Gasteiger partial charge on any atom is 0.237 e. The second kappa shape index (κ2) is 10.6. The first-order chi connectivity index (χ1) is 13.2. The van der Waals surface area contributed by atoms with Gasteiger partial charge in [0.15, 0.2) is 0 Å². The van der Waals surface area contributed by atoms with Crippen LogP contribution in [0, 0.1) is 11.3 Å². The summed E-state index contributed by atoms with van der Waals surface area (Å²) in [7, 11) is 0. The molecule has 9 heteroatoms. The molecule has 2 aliphatic rings. The number of anilines is 1. The van der Waals surface area contributed by atoms with Crippen LogP contribution in [0.25, 0.3) is 11.0 Å². The molecule has 0 saturated carbocycles. The molecule has 2 fully saturated rings. The molecule has 0 radical (unpaired) electrons. The Balaban J connectivity index is 0.00000150. The fourth-order valence-electron chi connectivity index (χ4n) is 3.95. The quantitative estimate of drug-likeness (QED) is 0.792. The van der Waals surface area contributed by atoms with E-state index in [1.165, 1.54) is 0 Å². The number of nitriles is 1. The van der Waals surface area contributed by atoms with Gasteiger partial charge in [0, 0.05) is 25.7 Å². The van der Waals surface area contributed by atoms with Gasteiger partial charge in [-0.3, -0.25) is 9.78 Å². The van der Waals surface area contributed by atoms with Crippen LogP contribution < -0.4 is 10.2 Å². The number of para-hydroxylation sites is 2. The normalized spacial score (nSPS) is 19.3. The molecule has 0 aliphatic carbocycles. The van der Waals surface area contributed by atoms with Gasteiger partial charge in [-0.1, -0.05) is 12.1 Å². The summed E-state index contributed by atoms with van der Waals surface area (Å²) in [5.41, 5.74) is 1.83. The van der Waals surface area contributed by atoms with Crippen LogP contribution in [-0.2, 0) is 4.79 Å². The molecule has 2 saturated heterocycles. The minimum atomic E-state index is -0.243. The first kappa shape index (κ1) is 23.1. The molecule has 1 N–H and O–H groups in total. The lowest BCUT2D eigenvalue weighted by atomic mass is 10.1. The number of amides is 1. The van der Waals surface area contributed by atoms with Gasteiger partial charge in [-0.2, -0.15) is 5.26 Å². The zero-order valence-corrected chi connectivity index (χ0v) is 17.8. The average molecular weight is 437 g/mol. The van der Waals surface area contributed by atoms with Crippen LogP contribution in [0.3, 0.4) is 0 Å². The first-order valence-corrected chi connectivity index (χ1v) is 9.64. The highest BCUT2D eigenvalue weighted by Crippen LogP contribution is 2.20. The second-order valence-electron chi connectivity index (χ2n) is 7.23. The van der Waals surface area contributed by atoms with Crippen LogP contribution in [0.15, 0.2) is 30.5 Å². The SMILES string of the molecule is Cl.Cl.N#C[C@@H]1CCCN1C(=O)CNC1CCN(c2cnc3ccccc3n2)CC1. The van der Waals surface area contributed by atoms with Crippen molar-refractivity contribution in [2.45, 2.75) is 37.8 Å². The molecule has 2 aliphatic heterocycles. The number of nitrogens with zero attached hydrogens (tertiary/aromatic N) is 5. The Hall–Kier alpha value is -2.14. The van der Waals surface area contributed by atoms with Crippen molar-refractivity contribution < 1.29 is 4.79 Å². The average Bonchev–Trinajstić information content (AvgIpc) is 3.21. The number of carbonyl (C=O) groups is 1. The van der Waals surface area contributed by atoms with E-state index in [0.717, 1.165) is 55.6 Å². The van der Waals surface area contributed by atoms with Crippen molar-refractivity contribution >= 4 is 47.6 Å². The molecule has 1 amide bonds. The lowest BCUT2D eigenvalue weighted by Gasteiger charge is -2.33. The molecular formula is C20H26Cl2N6O. The van der Waals surface area contributed by atoms with Gasteiger partial charge < -0.3 is 15.1 Å². The van der Waals surface area contributed by atoms with Crippen molar-refractivity contribution in [2.75, 3.05) is 31.1 Å². The fourth-order valence-corrected chi connectivity index (χ4v) is 3.95. The number of benzene rings is 1. The van der Waals surface area contributed by atoms with Crippen LogP contribution in [0.1, 0.15) is 25.7 Å². The summed E-state index contributed by atoms with van der Waals surface area (Å²) < 4.78 is 0. The van der Waals surface area contributed by atoms with Crippen LogP contribution in [0.5, 0.6) is 0 Å². The summed E-state index contributed by atoms with van der Waals surface area (Å²) in [5, 5.41) is 12.5. The molecule has 0 bridgehead atoms. The number of rotatable bonds is 4. The molecule has 0 spiro atoms. The summed E-state index contributed by atoms with van der Waals surface area (Å²) in [5.74, 6) is 0.957. The molecule has 1 atom stereocenters. The Kier molecular flexibility index (Phi) is 8.45. The summed E-state index contributed by atoms with van der Waals surface area (Å²) in [6.45, 7) is 2.81. The van der Waals surface area contributed by atoms with E-state index in [-0.39, 0.29) is 36.8 Å². The molecular weight excluding hydrogens is 411 g/mol. The van der Waals surface area contributed by atoms with Crippen molar-refractivity contribution in [3.63, 3.8) is 0 Å². The van der Waals surface area contributed by atoms with Gasteiger partial charge in [-0.05, 0) is 37.8 Å². The number of carbonyl (C=O) groups excluding carboxylic acids is 1. The van der Waals surface area contributed by atoms with E-state index in [2.05, 4.69) is 21.3 Å². The zero-order chi connectivity index (χ0) is 18.6. The maximum absolute atomic E-state index is 12.4. The summed E-state index contributed by atoms with van der Waals surface area (Å²) in [6.07, 6.45) is 5.49. The Labute approximate surface area is 183 Å². The number of piperidine rings is 1. The van der Waals surface area contributed by atoms with Gasteiger partial charge in [0.25, 0.3) is 0 Å². The topological polar surface area (TPSA) is 85.2 Å². The number of likely N-dealkylation sites (tertiary alicyclic amines) is 1. The van der Waals surface area contributed by atoms with E-state index < -0.39 is 0 Å². The molecule has 4 rings (SSSR count). The standard InChI is InChI=1S/C20H24N6O.2ClH/c21-12-16-4-3-9-26(16)20(27)14-22-15-7-10-25(11-8-15)19-13-23-17-5-1-2-6-18(17)24-19;;/h1-2,5-6,13,15-16,22H,3-4,7-11,14H2;2*1H/t16-;;/m0../s1. The third-order valence-electron chi connectivity index (χ3n) is 5.52. The number of hydrogen-bond acceptors (Lipinski definition) is 6. The second-order valence-corrected chi connectivity index (χ2v) is 7.23. The minimum absolute atomic E-state index is 0. The van der Waals surface area contributed by atoms with Crippen LogP contribution >= 0.6 is 24.8 Å². The van der Waals surface area contributed by atoms with Gasteiger partial charge in [0.2, 0.25) is 5.91 Å². The lowest BCUT2D eigenvalue weighted by Crippen LogP contribution is -2.47. The Morgan fingerprint density at radius 2 is 1.86 bits per heavy atom. The molecule has 156 valence electrons.